The molecule has 0 radical (unpaired) electrons. The van der Waals surface area contributed by atoms with Crippen LogP contribution in [0.3, 0.4) is 0 Å². The Morgan fingerprint density at radius 2 is 2.03 bits per heavy atom. The molecule has 1 aliphatic rings. The number of rotatable bonds is 10. The van der Waals surface area contributed by atoms with E-state index in [0.29, 0.717) is 30.8 Å². The zero-order valence-electron chi connectivity index (χ0n) is 18.7. The Hall–Kier alpha value is -3.06. The predicted octanol–water partition coefficient (Wildman–Crippen LogP) is 5.09. The van der Waals surface area contributed by atoms with Gasteiger partial charge in [-0.2, -0.15) is 11.8 Å². The first-order valence-electron chi connectivity index (χ1n) is 11.2. The van der Waals surface area contributed by atoms with E-state index in [4.69, 9.17) is 9.47 Å². The van der Waals surface area contributed by atoms with Gasteiger partial charge in [0.25, 0.3) is 0 Å². The summed E-state index contributed by atoms with van der Waals surface area (Å²) >= 11 is 1.66. The zero-order chi connectivity index (χ0) is 23.0. The number of nitrogens with zero attached hydrogens (tertiary/aromatic N) is 1. The molecule has 1 aliphatic carbocycles. The van der Waals surface area contributed by atoms with Crippen LogP contribution in [0.4, 0.5) is 0 Å². The van der Waals surface area contributed by atoms with Crippen molar-refractivity contribution >= 4 is 23.5 Å². The highest BCUT2D eigenvalue weighted by atomic mass is 32.2. The quantitative estimate of drug-likeness (QED) is 0.333. The Bertz CT molecular complexity index is 1080. The molecule has 4 rings (SSSR count). The van der Waals surface area contributed by atoms with Crippen molar-refractivity contribution in [3.05, 3.63) is 82.9 Å². The van der Waals surface area contributed by atoms with E-state index in [1.807, 2.05) is 36.5 Å². The maximum absolute atomic E-state index is 12.5. The molecule has 0 saturated heterocycles. The summed E-state index contributed by atoms with van der Waals surface area (Å²) in [5.74, 6) is 2.94. The Labute approximate surface area is 198 Å². The molecule has 0 saturated carbocycles. The van der Waals surface area contributed by atoms with Crippen LogP contribution in [0.1, 0.15) is 58.2 Å². The highest BCUT2D eigenvalue weighted by molar-refractivity contribution is 7.98. The Morgan fingerprint density at radius 1 is 1.18 bits per heavy atom. The predicted molar refractivity (Wildman–Crippen MR) is 129 cm³/mol. The zero-order valence-corrected chi connectivity index (χ0v) is 19.5. The fraction of sp³-hybridized carbons (Fsp3) is 0.346. The van der Waals surface area contributed by atoms with Crippen LogP contribution >= 0.6 is 11.8 Å². The maximum atomic E-state index is 12.5. The van der Waals surface area contributed by atoms with Crippen LogP contribution in [0.5, 0.6) is 5.75 Å². The molecule has 7 heteroatoms. The van der Waals surface area contributed by atoms with E-state index in [1.165, 1.54) is 7.11 Å². The Balaban J connectivity index is 1.62. The number of esters is 1. The summed E-state index contributed by atoms with van der Waals surface area (Å²) < 4.78 is 11.4. The molecule has 1 atom stereocenters. The van der Waals surface area contributed by atoms with Crippen LogP contribution in [-0.4, -0.2) is 34.6 Å². The van der Waals surface area contributed by atoms with E-state index in [1.54, 1.807) is 18.0 Å². The van der Waals surface area contributed by atoms with Gasteiger partial charge in [0.1, 0.15) is 17.7 Å². The van der Waals surface area contributed by atoms with Crippen LogP contribution in [0, 0.1) is 0 Å². The SMILES string of the molecule is COC(=O)CCSCc1c(O[C@@H](Cc2ncc[nH]2)c2ccccc2)ccc2c1CCCC2=O. The molecule has 1 N–H and O–H groups in total. The second-order valence-electron chi connectivity index (χ2n) is 7.98. The van der Waals surface area contributed by atoms with Crippen LogP contribution in [0.25, 0.3) is 0 Å². The summed E-state index contributed by atoms with van der Waals surface area (Å²) in [6.45, 7) is 0. The van der Waals surface area contributed by atoms with Crippen molar-refractivity contribution < 1.29 is 19.1 Å². The van der Waals surface area contributed by atoms with Gasteiger partial charge in [-0.25, -0.2) is 4.98 Å². The lowest BCUT2D eigenvalue weighted by atomic mass is 9.87. The molecule has 2 aromatic carbocycles. The molecule has 3 aromatic rings. The molecule has 0 amide bonds. The Morgan fingerprint density at radius 3 is 2.79 bits per heavy atom. The van der Waals surface area contributed by atoms with Crippen LogP contribution in [-0.2, 0) is 28.1 Å². The van der Waals surface area contributed by atoms with E-state index in [2.05, 4.69) is 22.1 Å². The molecule has 6 nitrogen and oxygen atoms in total. The van der Waals surface area contributed by atoms with Gasteiger partial charge < -0.3 is 14.5 Å². The summed E-state index contributed by atoms with van der Waals surface area (Å²) in [5.41, 5.74) is 4.00. The molecule has 0 bridgehead atoms. The van der Waals surface area contributed by atoms with Gasteiger partial charge in [0.2, 0.25) is 0 Å². The third-order valence-corrected chi connectivity index (χ3v) is 6.80. The average molecular weight is 465 g/mol. The number of fused-ring (bicyclic) bond motifs is 1. The largest absolute Gasteiger partial charge is 0.485 e. The number of methoxy groups -OCH3 is 1. The normalized spacial score (nSPS) is 13.9. The molecule has 1 aromatic heterocycles. The van der Waals surface area contributed by atoms with Crippen LogP contribution in [0.2, 0.25) is 0 Å². The van der Waals surface area contributed by atoms with Crippen molar-refractivity contribution in [2.24, 2.45) is 0 Å². The van der Waals surface area contributed by atoms with Crippen molar-refractivity contribution in [1.82, 2.24) is 9.97 Å². The minimum Gasteiger partial charge on any atom is -0.485 e. The monoisotopic (exact) mass is 464 g/mol. The fourth-order valence-electron chi connectivity index (χ4n) is 4.11. The summed E-state index contributed by atoms with van der Waals surface area (Å²) in [6, 6.07) is 13.9. The fourth-order valence-corrected chi connectivity index (χ4v) is 5.09. The van der Waals surface area contributed by atoms with Gasteiger partial charge >= 0.3 is 5.97 Å². The molecule has 1 heterocycles. The number of thioether (sulfide) groups is 1. The number of imidazole rings is 1. The minimum atomic E-state index is -0.228. The number of hydrogen-bond donors (Lipinski definition) is 1. The maximum Gasteiger partial charge on any atom is 0.306 e. The van der Waals surface area contributed by atoms with Gasteiger partial charge in [0, 0.05) is 47.9 Å². The summed E-state index contributed by atoms with van der Waals surface area (Å²) in [6.07, 6.45) is 6.58. The Kier molecular flexibility index (Phi) is 7.83. The summed E-state index contributed by atoms with van der Waals surface area (Å²) in [5, 5.41) is 0. The van der Waals surface area contributed by atoms with Gasteiger partial charge in [-0.1, -0.05) is 30.3 Å². The van der Waals surface area contributed by atoms with Crippen molar-refractivity contribution in [3.63, 3.8) is 0 Å². The molecule has 33 heavy (non-hydrogen) atoms. The van der Waals surface area contributed by atoms with Gasteiger partial charge in [0.05, 0.1) is 13.5 Å². The van der Waals surface area contributed by atoms with E-state index < -0.39 is 0 Å². The molecular weight excluding hydrogens is 436 g/mol. The third-order valence-electron chi connectivity index (χ3n) is 5.82. The number of aromatic nitrogens is 2. The number of H-pyrrole nitrogens is 1. The molecule has 172 valence electrons. The highest BCUT2D eigenvalue weighted by Gasteiger charge is 2.25. The number of aromatic amines is 1. The van der Waals surface area contributed by atoms with Gasteiger partial charge in [-0.05, 0) is 36.1 Å². The second-order valence-corrected chi connectivity index (χ2v) is 9.09. The molecule has 0 fully saturated rings. The molecule has 0 aliphatic heterocycles. The number of benzene rings is 2. The average Bonchev–Trinajstić information content (AvgIpc) is 3.36. The number of ether oxygens (including phenoxy) is 2. The van der Waals surface area contributed by atoms with Crippen molar-refractivity contribution in [2.75, 3.05) is 12.9 Å². The lowest BCUT2D eigenvalue weighted by molar-refractivity contribution is -0.140. The standard InChI is InChI=1S/C26H28N2O4S/c1-31-26(30)12-15-33-17-21-19-8-5-9-22(29)20(19)10-11-23(21)32-24(16-25-27-13-14-28-25)18-6-3-2-4-7-18/h2-4,6-7,10-11,13-14,24H,5,8-9,12,15-17H2,1H3,(H,27,28)/t24-/m0/s1. The number of nitrogens with one attached hydrogen (secondary N) is 1. The topological polar surface area (TPSA) is 81.3 Å². The van der Waals surface area contributed by atoms with Crippen molar-refractivity contribution in [3.8, 4) is 5.75 Å². The third kappa shape index (κ3) is 5.85. The van der Waals surface area contributed by atoms with E-state index in [-0.39, 0.29) is 17.9 Å². The van der Waals surface area contributed by atoms with Crippen LogP contribution < -0.4 is 4.74 Å². The second kappa shape index (κ2) is 11.2. The number of hydrogen-bond acceptors (Lipinski definition) is 6. The van der Waals surface area contributed by atoms with Gasteiger partial charge in [-0.15, -0.1) is 0 Å². The minimum absolute atomic E-state index is 0.193. The number of Topliss-reactive ketones (excluding diaryl/α,β-unsaturated/α-hetero) is 1. The lowest BCUT2D eigenvalue weighted by Crippen LogP contribution is -2.17. The number of ketones is 1. The van der Waals surface area contributed by atoms with Gasteiger partial charge in [0.15, 0.2) is 5.78 Å². The first-order chi connectivity index (χ1) is 16.2. The highest BCUT2D eigenvalue weighted by Crippen LogP contribution is 2.36. The van der Waals surface area contributed by atoms with E-state index in [9.17, 15) is 9.59 Å². The summed E-state index contributed by atoms with van der Waals surface area (Å²) in [7, 11) is 1.40. The van der Waals surface area contributed by atoms with E-state index >= 15 is 0 Å². The first-order valence-corrected chi connectivity index (χ1v) is 12.3. The summed E-state index contributed by atoms with van der Waals surface area (Å²) in [4.78, 5) is 31.6. The first kappa shape index (κ1) is 23.1. The van der Waals surface area contributed by atoms with Crippen molar-refractivity contribution in [1.29, 1.82) is 0 Å². The number of carbonyl (C=O) groups excluding carboxylic acids is 2. The molecule has 0 unspecified atom stereocenters. The van der Waals surface area contributed by atoms with E-state index in [0.717, 1.165) is 46.7 Å². The van der Waals surface area contributed by atoms with Crippen molar-refractivity contribution in [2.45, 2.75) is 44.0 Å². The molecular formula is C26H28N2O4S. The van der Waals surface area contributed by atoms with Gasteiger partial charge in [-0.3, -0.25) is 9.59 Å². The molecule has 0 spiro atoms. The lowest BCUT2D eigenvalue weighted by Gasteiger charge is -2.25. The van der Waals surface area contributed by atoms with Crippen LogP contribution in [0.15, 0.2) is 54.9 Å². The number of carbonyl (C=O) groups is 2. The smallest absolute Gasteiger partial charge is 0.306 e.